The molecule has 0 saturated heterocycles. The van der Waals surface area contributed by atoms with Crippen LogP contribution in [0.15, 0.2) is 21.4 Å². The maximum Gasteiger partial charge on any atom is 0.230 e. The number of hydrogen-bond acceptors (Lipinski definition) is 6. The van der Waals surface area contributed by atoms with Gasteiger partial charge in [-0.1, -0.05) is 10.3 Å². The SMILES string of the molecule is O=C(NC1CCC(c2nc(-c3ccon3)no2)CC1)C1CC1. The monoisotopic (exact) mass is 302 g/mol. The molecule has 2 heterocycles. The molecule has 116 valence electrons. The molecule has 0 radical (unpaired) electrons. The Labute approximate surface area is 127 Å². The number of nitrogens with one attached hydrogen (secondary N) is 1. The van der Waals surface area contributed by atoms with Crippen molar-refractivity contribution in [2.45, 2.75) is 50.5 Å². The van der Waals surface area contributed by atoms with Crippen LogP contribution in [0.25, 0.3) is 11.5 Å². The molecule has 2 fully saturated rings. The molecular weight excluding hydrogens is 284 g/mol. The van der Waals surface area contributed by atoms with Crippen LogP contribution in [-0.2, 0) is 4.79 Å². The van der Waals surface area contributed by atoms with Crippen molar-refractivity contribution in [1.29, 1.82) is 0 Å². The number of nitrogens with zero attached hydrogens (tertiary/aromatic N) is 3. The zero-order valence-corrected chi connectivity index (χ0v) is 12.2. The summed E-state index contributed by atoms with van der Waals surface area (Å²) in [6, 6.07) is 2.00. The fourth-order valence-electron chi connectivity index (χ4n) is 2.98. The van der Waals surface area contributed by atoms with Gasteiger partial charge in [0.15, 0.2) is 5.69 Å². The molecule has 2 aromatic heterocycles. The van der Waals surface area contributed by atoms with Crippen molar-refractivity contribution in [2.24, 2.45) is 5.92 Å². The lowest BCUT2D eigenvalue weighted by atomic mass is 9.86. The second-order valence-electron chi connectivity index (χ2n) is 6.17. The third-order valence-corrected chi connectivity index (χ3v) is 4.48. The molecule has 0 unspecified atom stereocenters. The van der Waals surface area contributed by atoms with Crippen LogP contribution < -0.4 is 5.32 Å². The van der Waals surface area contributed by atoms with E-state index in [0.29, 0.717) is 23.5 Å². The average Bonchev–Trinajstić information content (AvgIpc) is 3.04. The summed E-state index contributed by atoms with van der Waals surface area (Å²) in [6.45, 7) is 0. The Hall–Kier alpha value is -2.18. The van der Waals surface area contributed by atoms with Crippen LogP contribution in [0, 0.1) is 5.92 Å². The topological polar surface area (TPSA) is 94.1 Å². The fourth-order valence-corrected chi connectivity index (χ4v) is 2.98. The van der Waals surface area contributed by atoms with E-state index in [2.05, 4.69) is 20.6 Å². The maximum atomic E-state index is 11.8. The number of carbonyl (C=O) groups excluding carboxylic acids is 1. The molecule has 0 spiro atoms. The molecule has 0 aromatic carbocycles. The lowest BCUT2D eigenvalue weighted by Gasteiger charge is -2.27. The summed E-state index contributed by atoms with van der Waals surface area (Å²) in [5.74, 6) is 1.90. The molecule has 2 aliphatic carbocycles. The van der Waals surface area contributed by atoms with Crippen molar-refractivity contribution in [3.8, 4) is 11.5 Å². The van der Waals surface area contributed by atoms with Crippen LogP contribution in [0.2, 0.25) is 0 Å². The Morgan fingerprint density at radius 2 is 1.95 bits per heavy atom. The summed E-state index contributed by atoms with van der Waals surface area (Å²) in [4.78, 5) is 16.2. The number of amides is 1. The van der Waals surface area contributed by atoms with Crippen molar-refractivity contribution >= 4 is 5.91 Å². The first-order valence-electron chi connectivity index (χ1n) is 7.84. The lowest BCUT2D eigenvalue weighted by Crippen LogP contribution is -2.38. The van der Waals surface area contributed by atoms with Crippen molar-refractivity contribution < 1.29 is 13.8 Å². The molecule has 22 heavy (non-hydrogen) atoms. The Morgan fingerprint density at radius 1 is 1.14 bits per heavy atom. The van der Waals surface area contributed by atoms with Crippen molar-refractivity contribution in [1.82, 2.24) is 20.6 Å². The summed E-state index contributed by atoms with van der Waals surface area (Å²) in [6.07, 6.45) is 7.42. The molecule has 1 N–H and O–H groups in total. The molecule has 0 aliphatic heterocycles. The van der Waals surface area contributed by atoms with E-state index in [1.165, 1.54) is 6.26 Å². The molecule has 2 aromatic rings. The van der Waals surface area contributed by atoms with Gasteiger partial charge in [-0.3, -0.25) is 4.79 Å². The highest BCUT2D eigenvalue weighted by Crippen LogP contribution is 2.34. The van der Waals surface area contributed by atoms with Gasteiger partial charge in [-0.15, -0.1) is 0 Å². The predicted octanol–water partition coefficient (Wildman–Crippen LogP) is 2.28. The van der Waals surface area contributed by atoms with E-state index in [9.17, 15) is 4.79 Å². The van der Waals surface area contributed by atoms with Crippen LogP contribution >= 0.6 is 0 Å². The molecule has 7 nitrogen and oxygen atoms in total. The van der Waals surface area contributed by atoms with E-state index in [-0.39, 0.29) is 17.7 Å². The Morgan fingerprint density at radius 3 is 2.64 bits per heavy atom. The minimum Gasteiger partial charge on any atom is -0.364 e. The number of hydrogen-bond donors (Lipinski definition) is 1. The molecule has 1 amide bonds. The molecule has 2 aliphatic rings. The second-order valence-corrected chi connectivity index (χ2v) is 6.17. The third-order valence-electron chi connectivity index (χ3n) is 4.48. The van der Waals surface area contributed by atoms with Crippen LogP contribution in [-0.4, -0.2) is 27.2 Å². The first-order chi connectivity index (χ1) is 10.8. The minimum atomic E-state index is 0.231. The smallest absolute Gasteiger partial charge is 0.230 e. The second kappa shape index (κ2) is 5.55. The van der Waals surface area contributed by atoms with Gasteiger partial charge in [0, 0.05) is 23.9 Å². The van der Waals surface area contributed by atoms with Crippen LogP contribution in [0.5, 0.6) is 0 Å². The molecule has 0 bridgehead atoms. The van der Waals surface area contributed by atoms with Gasteiger partial charge < -0.3 is 14.4 Å². The summed E-state index contributed by atoms with van der Waals surface area (Å²) in [5, 5.41) is 10.9. The normalized spacial score (nSPS) is 25.1. The van der Waals surface area contributed by atoms with E-state index in [0.717, 1.165) is 38.5 Å². The largest absolute Gasteiger partial charge is 0.364 e. The van der Waals surface area contributed by atoms with Crippen LogP contribution in [0.3, 0.4) is 0 Å². The standard InChI is InChI=1S/C15H18N4O3/c20-14(9-1-2-9)16-11-5-3-10(4-6-11)15-17-13(19-22-15)12-7-8-21-18-12/h7-11H,1-6H2,(H,16,20). The Bertz CT molecular complexity index is 640. The van der Waals surface area contributed by atoms with E-state index in [1.54, 1.807) is 6.07 Å². The van der Waals surface area contributed by atoms with Gasteiger partial charge in [0.1, 0.15) is 6.26 Å². The highest BCUT2D eigenvalue weighted by molar-refractivity contribution is 5.81. The highest BCUT2D eigenvalue weighted by Gasteiger charge is 2.33. The Kier molecular flexibility index (Phi) is 3.40. The van der Waals surface area contributed by atoms with E-state index in [4.69, 9.17) is 9.05 Å². The van der Waals surface area contributed by atoms with E-state index in [1.807, 2.05) is 0 Å². The summed E-state index contributed by atoms with van der Waals surface area (Å²) in [7, 11) is 0. The maximum absolute atomic E-state index is 11.8. The average molecular weight is 302 g/mol. The van der Waals surface area contributed by atoms with Gasteiger partial charge >= 0.3 is 0 Å². The fraction of sp³-hybridized carbons (Fsp3) is 0.600. The first kappa shape index (κ1) is 13.5. The Balaban J connectivity index is 1.34. The van der Waals surface area contributed by atoms with E-state index < -0.39 is 0 Å². The zero-order valence-electron chi connectivity index (χ0n) is 12.2. The van der Waals surface area contributed by atoms with Crippen molar-refractivity contribution in [2.75, 3.05) is 0 Å². The van der Waals surface area contributed by atoms with E-state index >= 15 is 0 Å². The first-order valence-corrected chi connectivity index (χ1v) is 7.84. The highest BCUT2D eigenvalue weighted by atomic mass is 16.5. The molecule has 4 rings (SSSR count). The predicted molar refractivity (Wildman–Crippen MR) is 75.7 cm³/mol. The minimum absolute atomic E-state index is 0.231. The molecular formula is C15H18N4O3. The number of rotatable bonds is 4. The molecule has 7 heteroatoms. The van der Waals surface area contributed by atoms with Crippen LogP contribution in [0.1, 0.15) is 50.3 Å². The molecule has 2 saturated carbocycles. The molecule has 0 atom stereocenters. The zero-order chi connectivity index (χ0) is 14.9. The number of carbonyl (C=O) groups is 1. The quantitative estimate of drug-likeness (QED) is 0.931. The van der Waals surface area contributed by atoms with Gasteiger partial charge in [-0.25, -0.2) is 0 Å². The summed E-state index contributed by atoms with van der Waals surface area (Å²) in [5.41, 5.74) is 0.584. The van der Waals surface area contributed by atoms with Crippen LogP contribution in [0.4, 0.5) is 0 Å². The number of aromatic nitrogens is 3. The van der Waals surface area contributed by atoms with Gasteiger partial charge in [-0.2, -0.15) is 4.98 Å². The third kappa shape index (κ3) is 2.75. The van der Waals surface area contributed by atoms with Gasteiger partial charge in [0.05, 0.1) is 0 Å². The summed E-state index contributed by atoms with van der Waals surface area (Å²) >= 11 is 0. The van der Waals surface area contributed by atoms with Crippen molar-refractivity contribution in [3.63, 3.8) is 0 Å². The lowest BCUT2D eigenvalue weighted by molar-refractivity contribution is -0.123. The van der Waals surface area contributed by atoms with Crippen molar-refractivity contribution in [3.05, 3.63) is 18.2 Å². The van der Waals surface area contributed by atoms with Gasteiger partial charge in [-0.05, 0) is 38.5 Å². The summed E-state index contributed by atoms with van der Waals surface area (Å²) < 4.78 is 10.1. The van der Waals surface area contributed by atoms with Gasteiger partial charge in [0.2, 0.25) is 17.6 Å². The van der Waals surface area contributed by atoms with Gasteiger partial charge in [0.25, 0.3) is 0 Å².